The van der Waals surface area contributed by atoms with Gasteiger partial charge in [0, 0.05) is 0 Å². The SMILES string of the molecule is C[Si](C)(C)C#CCN1C(=O)C2C3C=CC(O3)C2C1=O. The predicted octanol–water partition coefficient (Wildman–Crippen LogP) is 0.806. The molecule has 4 unspecified atom stereocenters. The van der Waals surface area contributed by atoms with Crippen LogP contribution in [0.1, 0.15) is 0 Å². The van der Waals surface area contributed by atoms with Crippen LogP contribution in [0.4, 0.5) is 0 Å². The number of rotatable bonds is 1. The molecule has 0 N–H and O–H groups in total. The van der Waals surface area contributed by atoms with Gasteiger partial charge in [0.1, 0.15) is 8.07 Å². The van der Waals surface area contributed by atoms with Gasteiger partial charge in [0.15, 0.2) is 0 Å². The van der Waals surface area contributed by atoms with Crippen molar-refractivity contribution in [2.24, 2.45) is 11.8 Å². The van der Waals surface area contributed by atoms with Crippen LogP contribution in [0.5, 0.6) is 0 Å². The molecule has 0 saturated carbocycles. The number of imide groups is 1. The molecule has 5 heteroatoms. The molecule has 3 aliphatic rings. The molecule has 100 valence electrons. The Kier molecular flexibility index (Phi) is 2.70. The topological polar surface area (TPSA) is 46.6 Å². The van der Waals surface area contributed by atoms with E-state index < -0.39 is 8.07 Å². The maximum absolute atomic E-state index is 12.3. The highest BCUT2D eigenvalue weighted by atomic mass is 28.3. The van der Waals surface area contributed by atoms with E-state index in [1.54, 1.807) is 0 Å². The Balaban J connectivity index is 1.77. The van der Waals surface area contributed by atoms with E-state index in [1.807, 2.05) is 12.2 Å². The van der Waals surface area contributed by atoms with Crippen molar-refractivity contribution >= 4 is 19.9 Å². The molecule has 0 spiro atoms. The summed E-state index contributed by atoms with van der Waals surface area (Å²) in [5.74, 6) is 2.16. The third kappa shape index (κ3) is 1.95. The molecular formula is C14H17NO3Si. The lowest BCUT2D eigenvalue weighted by molar-refractivity contribution is -0.141. The third-order valence-corrected chi connectivity index (χ3v) is 4.63. The molecule has 0 radical (unpaired) electrons. The minimum absolute atomic E-state index is 0.114. The van der Waals surface area contributed by atoms with E-state index in [-0.39, 0.29) is 42.4 Å². The zero-order valence-corrected chi connectivity index (χ0v) is 12.3. The Morgan fingerprint density at radius 1 is 1.16 bits per heavy atom. The van der Waals surface area contributed by atoms with Gasteiger partial charge in [-0.1, -0.05) is 37.7 Å². The molecule has 2 fully saturated rings. The van der Waals surface area contributed by atoms with Gasteiger partial charge in [0.05, 0.1) is 30.6 Å². The van der Waals surface area contributed by atoms with Gasteiger partial charge < -0.3 is 4.74 Å². The molecule has 0 aromatic carbocycles. The van der Waals surface area contributed by atoms with Gasteiger partial charge >= 0.3 is 0 Å². The molecule has 2 bridgehead atoms. The highest BCUT2D eigenvalue weighted by Gasteiger charge is 2.60. The van der Waals surface area contributed by atoms with Crippen LogP contribution in [0.2, 0.25) is 19.6 Å². The second-order valence-electron chi connectivity index (χ2n) is 6.32. The van der Waals surface area contributed by atoms with Crippen LogP contribution >= 0.6 is 0 Å². The molecule has 0 aromatic heterocycles. The number of hydrogen-bond acceptors (Lipinski definition) is 3. The zero-order chi connectivity index (χ0) is 13.8. The number of fused-ring (bicyclic) bond motifs is 5. The second-order valence-corrected chi connectivity index (χ2v) is 11.1. The summed E-state index contributed by atoms with van der Waals surface area (Å²) in [6.07, 6.45) is 3.38. The molecule has 2 amide bonds. The molecule has 0 aromatic rings. The summed E-state index contributed by atoms with van der Waals surface area (Å²) in [5, 5.41) is 0. The van der Waals surface area contributed by atoms with Crippen molar-refractivity contribution in [3.8, 4) is 11.5 Å². The van der Waals surface area contributed by atoms with E-state index in [2.05, 4.69) is 31.1 Å². The van der Waals surface area contributed by atoms with Gasteiger partial charge in [-0.25, -0.2) is 0 Å². The number of amides is 2. The Morgan fingerprint density at radius 2 is 1.68 bits per heavy atom. The normalized spacial score (nSPS) is 35.6. The van der Waals surface area contributed by atoms with E-state index in [0.29, 0.717) is 0 Å². The monoisotopic (exact) mass is 275 g/mol. The summed E-state index contributed by atoms with van der Waals surface area (Å²) in [4.78, 5) is 25.9. The van der Waals surface area contributed by atoms with Crippen LogP contribution in [0, 0.1) is 23.3 Å². The van der Waals surface area contributed by atoms with Crippen molar-refractivity contribution in [2.45, 2.75) is 31.8 Å². The largest absolute Gasteiger partial charge is 0.365 e. The van der Waals surface area contributed by atoms with E-state index in [0.717, 1.165) is 0 Å². The minimum Gasteiger partial charge on any atom is -0.365 e. The fourth-order valence-electron chi connectivity index (χ4n) is 2.90. The van der Waals surface area contributed by atoms with Crippen LogP contribution in [0.3, 0.4) is 0 Å². The van der Waals surface area contributed by atoms with Crippen molar-refractivity contribution in [1.29, 1.82) is 0 Å². The summed E-state index contributed by atoms with van der Waals surface area (Å²) < 4.78 is 5.58. The summed E-state index contributed by atoms with van der Waals surface area (Å²) >= 11 is 0. The smallest absolute Gasteiger partial charge is 0.237 e. The van der Waals surface area contributed by atoms with Gasteiger partial charge in [-0.05, 0) is 0 Å². The van der Waals surface area contributed by atoms with Crippen LogP contribution in [-0.2, 0) is 14.3 Å². The van der Waals surface area contributed by atoms with Crippen molar-refractivity contribution in [2.75, 3.05) is 6.54 Å². The third-order valence-electron chi connectivity index (χ3n) is 3.70. The van der Waals surface area contributed by atoms with Gasteiger partial charge in [-0.15, -0.1) is 5.54 Å². The molecule has 4 nitrogen and oxygen atoms in total. The lowest BCUT2D eigenvalue weighted by Crippen LogP contribution is -2.35. The number of hydrogen-bond donors (Lipinski definition) is 0. The van der Waals surface area contributed by atoms with Gasteiger partial charge in [-0.2, -0.15) is 0 Å². The number of carbonyl (C=O) groups excluding carboxylic acids is 2. The number of ether oxygens (including phenoxy) is 1. The van der Waals surface area contributed by atoms with E-state index in [9.17, 15) is 9.59 Å². The highest BCUT2D eigenvalue weighted by Crippen LogP contribution is 2.44. The Morgan fingerprint density at radius 3 is 2.16 bits per heavy atom. The van der Waals surface area contributed by atoms with Crippen molar-refractivity contribution in [3.05, 3.63) is 12.2 Å². The predicted molar refractivity (Wildman–Crippen MR) is 72.6 cm³/mol. The first-order valence-corrected chi connectivity index (χ1v) is 10.1. The number of carbonyl (C=O) groups is 2. The average Bonchev–Trinajstić information content (AvgIpc) is 2.96. The summed E-state index contributed by atoms with van der Waals surface area (Å²) in [6, 6.07) is 0. The van der Waals surface area contributed by atoms with E-state index in [4.69, 9.17) is 4.74 Å². The standard InChI is InChI=1S/C14H17NO3Si/c1-19(2,3)8-4-7-15-13(16)11-9-5-6-10(18-9)12(11)14(15)17/h5-6,9-12H,7H2,1-3H3. The molecule has 19 heavy (non-hydrogen) atoms. The molecule has 3 aliphatic heterocycles. The minimum atomic E-state index is -1.46. The van der Waals surface area contributed by atoms with Crippen LogP contribution < -0.4 is 0 Å². The van der Waals surface area contributed by atoms with Crippen LogP contribution in [0.25, 0.3) is 0 Å². The molecule has 2 saturated heterocycles. The van der Waals surface area contributed by atoms with Gasteiger partial charge in [0.2, 0.25) is 11.8 Å². The number of likely N-dealkylation sites (tertiary alicyclic amines) is 1. The van der Waals surface area contributed by atoms with Crippen molar-refractivity contribution < 1.29 is 14.3 Å². The van der Waals surface area contributed by atoms with Gasteiger partial charge in [-0.3, -0.25) is 14.5 Å². The first-order valence-electron chi connectivity index (χ1n) is 6.57. The summed E-state index contributed by atoms with van der Waals surface area (Å²) in [7, 11) is -1.46. The van der Waals surface area contributed by atoms with Crippen molar-refractivity contribution in [1.82, 2.24) is 4.90 Å². The maximum Gasteiger partial charge on any atom is 0.237 e. The van der Waals surface area contributed by atoms with Crippen molar-refractivity contribution in [3.63, 3.8) is 0 Å². The molecule has 4 atom stereocenters. The molecule has 0 aliphatic carbocycles. The zero-order valence-electron chi connectivity index (χ0n) is 11.3. The van der Waals surface area contributed by atoms with Crippen LogP contribution in [-0.4, -0.2) is 43.5 Å². The first-order chi connectivity index (χ1) is 8.88. The maximum atomic E-state index is 12.3. The molecule has 3 heterocycles. The quantitative estimate of drug-likeness (QED) is 0.308. The average molecular weight is 275 g/mol. The highest BCUT2D eigenvalue weighted by molar-refractivity contribution is 6.83. The Hall–Kier alpha value is -1.38. The number of nitrogens with zero attached hydrogens (tertiary/aromatic N) is 1. The first kappa shape index (κ1) is 12.6. The summed E-state index contributed by atoms with van der Waals surface area (Å²) in [5.41, 5.74) is 3.19. The fraction of sp³-hybridized carbons (Fsp3) is 0.571. The van der Waals surface area contributed by atoms with E-state index in [1.165, 1.54) is 4.90 Å². The second kappa shape index (κ2) is 4.05. The summed E-state index contributed by atoms with van der Waals surface area (Å²) in [6.45, 7) is 6.65. The molecule has 3 rings (SSSR count). The van der Waals surface area contributed by atoms with Gasteiger partial charge in [0.25, 0.3) is 0 Å². The Bertz CT molecular complexity index is 507. The molecular weight excluding hydrogens is 258 g/mol. The van der Waals surface area contributed by atoms with E-state index >= 15 is 0 Å². The Labute approximate surface area is 113 Å². The lowest BCUT2D eigenvalue weighted by atomic mass is 9.85. The van der Waals surface area contributed by atoms with Crippen LogP contribution in [0.15, 0.2) is 12.2 Å². The lowest BCUT2D eigenvalue weighted by Gasteiger charge is -2.14. The fourth-order valence-corrected chi connectivity index (χ4v) is 3.51.